The minimum Gasteiger partial charge on any atom is -0.505 e. The summed E-state index contributed by atoms with van der Waals surface area (Å²) >= 11 is 1.12. The van der Waals surface area contributed by atoms with E-state index in [-0.39, 0.29) is 58.4 Å². The van der Waals surface area contributed by atoms with Gasteiger partial charge in [-0.1, -0.05) is 51.6 Å². The van der Waals surface area contributed by atoms with E-state index in [1.165, 1.54) is 23.4 Å². The minimum absolute atomic E-state index is 0.0147. The van der Waals surface area contributed by atoms with Gasteiger partial charge in [-0.05, 0) is 42.0 Å². The molecule has 0 radical (unpaired) electrons. The van der Waals surface area contributed by atoms with Crippen LogP contribution in [0, 0.1) is 17.8 Å². The molecule has 0 saturated carbocycles. The Hall–Kier alpha value is -2.92. The van der Waals surface area contributed by atoms with Crippen LogP contribution >= 0.6 is 11.8 Å². The summed E-state index contributed by atoms with van der Waals surface area (Å²) in [6, 6.07) is 9.54. The Morgan fingerprint density at radius 3 is 2.50 bits per heavy atom. The summed E-state index contributed by atoms with van der Waals surface area (Å²) in [7, 11) is -4.03. The largest absolute Gasteiger partial charge is 0.505 e. The van der Waals surface area contributed by atoms with E-state index in [0.29, 0.717) is 35.8 Å². The summed E-state index contributed by atoms with van der Waals surface area (Å²) < 4.78 is 39.4. The highest BCUT2D eigenvalue weighted by molar-refractivity contribution is 8.13. The van der Waals surface area contributed by atoms with E-state index < -0.39 is 10.0 Å². The van der Waals surface area contributed by atoms with Crippen molar-refractivity contribution in [1.29, 1.82) is 0 Å². The van der Waals surface area contributed by atoms with Crippen LogP contribution in [0.3, 0.4) is 0 Å². The average molecular weight is 565 g/mol. The molecule has 1 aliphatic rings. The van der Waals surface area contributed by atoms with Crippen LogP contribution in [-0.2, 0) is 26.0 Å². The lowest BCUT2D eigenvalue weighted by Crippen LogP contribution is -2.35. The van der Waals surface area contributed by atoms with Crippen LogP contribution in [-0.4, -0.2) is 50.2 Å². The third kappa shape index (κ3) is 7.35. The molecule has 38 heavy (non-hydrogen) atoms. The van der Waals surface area contributed by atoms with Gasteiger partial charge in [0.05, 0.1) is 10.6 Å². The number of carbonyl (C=O) groups excluding carboxylic acids is 2. The topological polar surface area (TPSA) is 122 Å². The van der Waals surface area contributed by atoms with Gasteiger partial charge in [-0.25, -0.2) is 8.42 Å². The second-order valence-corrected chi connectivity index (χ2v) is 13.0. The van der Waals surface area contributed by atoms with Crippen molar-refractivity contribution in [2.45, 2.75) is 45.9 Å². The van der Waals surface area contributed by atoms with Crippen LogP contribution in [0.2, 0.25) is 0 Å². The Morgan fingerprint density at radius 1 is 1.11 bits per heavy atom. The maximum Gasteiger partial charge on any atom is 0.264 e. The van der Waals surface area contributed by atoms with E-state index in [0.717, 1.165) is 11.8 Å². The summed E-state index contributed by atoms with van der Waals surface area (Å²) in [6.45, 7) is 9.57. The van der Waals surface area contributed by atoms with Crippen LogP contribution in [0.4, 0.5) is 5.69 Å². The predicted octanol–water partition coefficient (Wildman–Crippen LogP) is 4.18. The van der Waals surface area contributed by atoms with Gasteiger partial charge in [0.15, 0.2) is 16.6 Å². The molecule has 3 rings (SSSR count). The van der Waals surface area contributed by atoms with Crippen molar-refractivity contribution in [3.05, 3.63) is 42.0 Å². The number of amides is 1. The number of ether oxygens (including phenoxy) is 2. The summed E-state index contributed by atoms with van der Waals surface area (Å²) in [6.07, 6.45) is 0.427. The number of phenolic OH excluding ortho intramolecular Hbond substituents is 1. The van der Waals surface area contributed by atoms with Crippen LogP contribution in [0.15, 0.2) is 41.3 Å². The first-order valence-electron chi connectivity index (χ1n) is 12.5. The van der Waals surface area contributed by atoms with Crippen molar-refractivity contribution < 1.29 is 32.6 Å². The number of hydrogen-bond acceptors (Lipinski definition) is 8. The summed E-state index contributed by atoms with van der Waals surface area (Å²) in [4.78, 5) is 23.6. The number of nitrogens with one attached hydrogen (secondary N) is 1. The Morgan fingerprint density at radius 2 is 1.82 bits per heavy atom. The van der Waals surface area contributed by atoms with Crippen molar-refractivity contribution in [2.75, 3.05) is 29.9 Å². The van der Waals surface area contributed by atoms with Crippen molar-refractivity contribution in [2.24, 2.45) is 17.8 Å². The van der Waals surface area contributed by atoms with Crippen LogP contribution in [0.25, 0.3) is 0 Å². The highest BCUT2D eigenvalue weighted by Crippen LogP contribution is 2.39. The smallest absolute Gasteiger partial charge is 0.264 e. The van der Waals surface area contributed by atoms with Crippen molar-refractivity contribution in [3.63, 3.8) is 0 Å². The molecule has 2 aromatic carbocycles. The second-order valence-electron chi connectivity index (χ2n) is 9.99. The summed E-state index contributed by atoms with van der Waals surface area (Å²) in [5.41, 5.74) is 0.777. The molecule has 0 aromatic heterocycles. The number of sulfonamides is 1. The van der Waals surface area contributed by atoms with Gasteiger partial charge < -0.3 is 19.9 Å². The van der Waals surface area contributed by atoms with E-state index >= 15 is 0 Å². The third-order valence-electron chi connectivity index (χ3n) is 6.01. The lowest BCUT2D eigenvalue weighted by molar-refractivity contribution is -0.124. The number of rotatable bonds is 12. The highest BCUT2D eigenvalue weighted by atomic mass is 32.2. The Balaban J connectivity index is 1.78. The number of hydrogen-bond donors (Lipinski definition) is 2. The van der Waals surface area contributed by atoms with Gasteiger partial charge in [-0.3, -0.25) is 13.9 Å². The monoisotopic (exact) mass is 564 g/mol. The van der Waals surface area contributed by atoms with Crippen LogP contribution in [0.5, 0.6) is 17.2 Å². The number of phenols is 1. The van der Waals surface area contributed by atoms with Crippen LogP contribution in [0.1, 0.15) is 40.2 Å². The molecule has 0 saturated heterocycles. The van der Waals surface area contributed by atoms with E-state index in [4.69, 9.17) is 9.47 Å². The summed E-state index contributed by atoms with van der Waals surface area (Å²) in [5, 5.41) is 14.1. The van der Waals surface area contributed by atoms with Gasteiger partial charge in [0.2, 0.25) is 12.7 Å². The Bertz CT molecular complexity index is 1260. The third-order valence-corrected chi connectivity index (χ3v) is 8.86. The molecular formula is C27H36N2O7S2. The van der Waals surface area contributed by atoms with E-state index in [1.807, 2.05) is 20.8 Å². The number of carbonyl (C=O) groups is 2. The molecular weight excluding hydrogens is 528 g/mol. The fourth-order valence-corrected chi connectivity index (χ4v) is 6.27. The zero-order valence-corrected chi connectivity index (χ0v) is 24.0. The molecule has 2 aromatic rings. The number of benzene rings is 2. The Labute approximate surface area is 228 Å². The first-order chi connectivity index (χ1) is 17.9. The average Bonchev–Trinajstić information content (AvgIpc) is 3.33. The number of anilines is 1. The van der Waals surface area contributed by atoms with Gasteiger partial charge >= 0.3 is 0 Å². The second kappa shape index (κ2) is 12.8. The van der Waals surface area contributed by atoms with E-state index in [1.54, 1.807) is 31.2 Å². The molecule has 0 spiro atoms. The lowest BCUT2D eigenvalue weighted by Gasteiger charge is -2.28. The number of fused-ring (bicyclic) bond motifs is 1. The molecule has 2 atom stereocenters. The Kier molecular flexibility index (Phi) is 9.94. The van der Waals surface area contributed by atoms with Crippen molar-refractivity contribution >= 4 is 38.5 Å². The zero-order valence-electron chi connectivity index (χ0n) is 22.4. The molecule has 1 amide bonds. The van der Waals surface area contributed by atoms with Gasteiger partial charge in [0.1, 0.15) is 5.75 Å². The minimum atomic E-state index is -4.03. The van der Waals surface area contributed by atoms with Crippen molar-refractivity contribution in [1.82, 2.24) is 5.32 Å². The maximum atomic E-state index is 13.7. The molecule has 0 aliphatic carbocycles. The molecule has 1 unspecified atom stereocenters. The molecule has 9 nitrogen and oxygen atoms in total. The first-order valence-corrected chi connectivity index (χ1v) is 15.0. The summed E-state index contributed by atoms with van der Waals surface area (Å²) in [5.74, 6) is 0.663. The fourth-order valence-electron chi connectivity index (χ4n) is 3.98. The predicted molar refractivity (Wildman–Crippen MR) is 148 cm³/mol. The number of aromatic hydroxyl groups is 1. The number of thioether (sulfide) groups is 1. The molecule has 1 heterocycles. The number of nitrogens with zero attached hydrogens (tertiary/aromatic N) is 1. The van der Waals surface area contributed by atoms with E-state index in [2.05, 4.69) is 5.32 Å². The SMILES string of the molecule is CC(=O)SC[C@H](C)C(=O)NCC(C)Cc1cccc(N(CC(C)C)S(=O)(=O)c2ccc3c(c2)OCO3)c1O. The standard InChI is InChI=1S/C27H36N2O7S2/c1-17(2)14-29(38(33,34)22-9-10-24-25(12-22)36-16-35-24)23-8-6-7-21(26(23)31)11-18(3)13-28-27(32)19(4)15-37-20(5)30/h6-10,12,17-19,31H,11,13-16H2,1-5H3,(H,28,32)/t18?,19-/m0/s1. The molecule has 2 N–H and O–H groups in total. The van der Waals surface area contributed by atoms with Crippen molar-refractivity contribution in [3.8, 4) is 17.2 Å². The molecule has 0 fully saturated rings. The fraction of sp³-hybridized carbons (Fsp3) is 0.481. The van der Waals surface area contributed by atoms with Gasteiger partial charge in [-0.15, -0.1) is 0 Å². The molecule has 11 heteroatoms. The van der Waals surface area contributed by atoms with Crippen LogP contribution < -0.4 is 19.1 Å². The van der Waals surface area contributed by atoms with Gasteiger partial charge in [0, 0.05) is 37.8 Å². The maximum absolute atomic E-state index is 13.7. The van der Waals surface area contributed by atoms with Gasteiger partial charge in [-0.2, -0.15) is 0 Å². The number of para-hydroxylation sites is 1. The quantitative estimate of drug-likeness (QED) is 0.394. The molecule has 0 bridgehead atoms. The van der Waals surface area contributed by atoms with E-state index in [9.17, 15) is 23.1 Å². The van der Waals surface area contributed by atoms with Gasteiger partial charge in [0.25, 0.3) is 10.0 Å². The normalized spacial score (nSPS) is 14.3. The molecule has 208 valence electrons. The molecule has 1 aliphatic heterocycles. The first kappa shape index (κ1) is 29.6. The highest BCUT2D eigenvalue weighted by Gasteiger charge is 2.30. The zero-order chi connectivity index (χ0) is 28.0. The lowest BCUT2D eigenvalue weighted by atomic mass is 9.99.